The zero-order valence-electron chi connectivity index (χ0n) is 15.2. The van der Waals surface area contributed by atoms with Gasteiger partial charge in [-0.25, -0.2) is 4.39 Å². The summed E-state index contributed by atoms with van der Waals surface area (Å²) in [5.74, 6) is 0.276. The van der Waals surface area contributed by atoms with Crippen molar-refractivity contribution in [1.29, 1.82) is 0 Å². The first-order valence-corrected chi connectivity index (χ1v) is 9.90. The number of halogens is 1. The van der Waals surface area contributed by atoms with E-state index < -0.39 is 0 Å². The number of hydrogen-bond acceptors (Lipinski definition) is 4. The van der Waals surface area contributed by atoms with E-state index in [-0.39, 0.29) is 22.9 Å². The van der Waals surface area contributed by atoms with Crippen LogP contribution in [0.5, 0.6) is 0 Å². The number of aryl methyl sites for hydroxylation is 1. The highest BCUT2D eigenvalue weighted by Gasteiger charge is 2.32. The minimum Gasteiger partial charge on any atom is -0.299 e. The summed E-state index contributed by atoms with van der Waals surface area (Å²) in [6, 6.07) is 14.5. The average molecular weight is 381 g/mol. The van der Waals surface area contributed by atoms with Crippen molar-refractivity contribution >= 4 is 17.5 Å². The molecular weight excluding hydrogens is 361 g/mol. The Morgan fingerprint density at radius 1 is 1.15 bits per heavy atom. The van der Waals surface area contributed by atoms with Crippen LogP contribution in [-0.4, -0.2) is 25.8 Å². The van der Waals surface area contributed by atoms with E-state index in [2.05, 4.69) is 10.2 Å². The van der Waals surface area contributed by atoms with Gasteiger partial charge in [0, 0.05) is 11.6 Å². The maximum Gasteiger partial charge on any atom is 0.192 e. The number of carbonyl (C=O) groups is 1. The van der Waals surface area contributed by atoms with Gasteiger partial charge in [-0.2, -0.15) is 0 Å². The number of Topliss-reactive ketones (excluding diaryl/α,β-unsaturated/α-hetero) is 1. The summed E-state index contributed by atoms with van der Waals surface area (Å²) in [5.41, 5.74) is 2.25. The van der Waals surface area contributed by atoms with Gasteiger partial charge in [0.05, 0.1) is 10.8 Å². The maximum absolute atomic E-state index is 14.3. The zero-order chi connectivity index (χ0) is 19.0. The lowest BCUT2D eigenvalue weighted by Crippen LogP contribution is -2.14. The summed E-state index contributed by atoms with van der Waals surface area (Å²) in [7, 11) is 0. The lowest BCUT2D eigenvalue weighted by atomic mass is 10.1. The van der Waals surface area contributed by atoms with Gasteiger partial charge in [0.2, 0.25) is 0 Å². The monoisotopic (exact) mass is 381 g/mol. The van der Waals surface area contributed by atoms with Gasteiger partial charge >= 0.3 is 0 Å². The van der Waals surface area contributed by atoms with Crippen LogP contribution in [0.3, 0.4) is 0 Å². The SMILES string of the molecule is Cc1ccc(C(=O)[C@H](C)Sc2nnc(-c3ccccc3F)n2C2CC2)cc1. The van der Waals surface area contributed by atoms with Gasteiger partial charge < -0.3 is 0 Å². The van der Waals surface area contributed by atoms with Crippen molar-refractivity contribution in [2.24, 2.45) is 0 Å². The fraction of sp³-hybridized carbons (Fsp3) is 0.286. The number of thioether (sulfide) groups is 1. The van der Waals surface area contributed by atoms with Gasteiger partial charge in [-0.1, -0.05) is 53.7 Å². The first-order valence-electron chi connectivity index (χ1n) is 9.02. The summed E-state index contributed by atoms with van der Waals surface area (Å²) in [4.78, 5) is 12.7. The van der Waals surface area contributed by atoms with Crippen molar-refractivity contribution in [2.45, 2.75) is 43.1 Å². The van der Waals surface area contributed by atoms with Crippen LogP contribution in [0.4, 0.5) is 4.39 Å². The topological polar surface area (TPSA) is 47.8 Å². The van der Waals surface area contributed by atoms with Crippen LogP contribution in [0.1, 0.15) is 41.7 Å². The molecule has 0 amide bonds. The summed E-state index contributed by atoms with van der Waals surface area (Å²) < 4.78 is 16.2. The van der Waals surface area contributed by atoms with E-state index in [1.54, 1.807) is 18.2 Å². The number of nitrogens with zero attached hydrogens (tertiary/aromatic N) is 3. The summed E-state index contributed by atoms with van der Waals surface area (Å²) >= 11 is 1.38. The van der Waals surface area contributed by atoms with Gasteiger partial charge in [-0.05, 0) is 38.8 Å². The first-order chi connectivity index (χ1) is 13.0. The normalized spacial score (nSPS) is 14.9. The fourth-order valence-corrected chi connectivity index (χ4v) is 4.01. The number of hydrogen-bond donors (Lipinski definition) is 0. The number of rotatable bonds is 6. The molecule has 0 unspecified atom stereocenters. The molecule has 1 aromatic heterocycles. The predicted molar refractivity (Wildman–Crippen MR) is 105 cm³/mol. The third-order valence-corrected chi connectivity index (χ3v) is 5.74. The Balaban J connectivity index is 1.62. The van der Waals surface area contributed by atoms with Crippen LogP contribution in [0, 0.1) is 12.7 Å². The second-order valence-electron chi connectivity index (χ2n) is 6.88. The molecule has 27 heavy (non-hydrogen) atoms. The largest absolute Gasteiger partial charge is 0.299 e. The van der Waals surface area contributed by atoms with E-state index in [0.717, 1.165) is 18.4 Å². The fourth-order valence-electron chi connectivity index (χ4n) is 3.01. The predicted octanol–water partition coefficient (Wildman–Crippen LogP) is 5.09. The molecule has 0 bridgehead atoms. The zero-order valence-corrected chi connectivity index (χ0v) is 16.0. The van der Waals surface area contributed by atoms with Crippen LogP contribution in [0.15, 0.2) is 53.7 Å². The number of benzene rings is 2. The minimum atomic E-state index is -0.313. The molecule has 1 aliphatic carbocycles. The summed E-state index contributed by atoms with van der Waals surface area (Å²) in [5, 5.41) is 8.90. The van der Waals surface area contributed by atoms with E-state index in [9.17, 15) is 9.18 Å². The van der Waals surface area contributed by atoms with Crippen LogP contribution in [-0.2, 0) is 0 Å². The molecule has 1 atom stereocenters. The molecule has 0 spiro atoms. The Hall–Kier alpha value is -2.47. The van der Waals surface area contributed by atoms with Gasteiger partial charge in [0.15, 0.2) is 16.8 Å². The third-order valence-electron chi connectivity index (χ3n) is 4.68. The van der Waals surface area contributed by atoms with Crippen molar-refractivity contribution in [3.63, 3.8) is 0 Å². The molecule has 1 saturated carbocycles. The highest BCUT2D eigenvalue weighted by atomic mass is 32.2. The van der Waals surface area contributed by atoms with Gasteiger partial charge in [0.25, 0.3) is 0 Å². The van der Waals surface area contributed by atoms with Crippen LogP contribution in [0.2, 0.25) is 0 Å². The van der Waals surface area contributed by atoms with Gasteiger partial charge in [0.1, 0.15) is 5.82 Å². The van der Waals surface area contributed by atoms with Crippen LogP contribution < -0.4 is 0 Å². The quantitative estimate of drug-likeness (QED) is 0.441. The Bertz CT molecular complexity index is 979. The van der Waals surface area contributed by atoms with E-state index >= 15 is 0 Å². The van der Waals surface area contributed by atoms with Crippen molar-refractivity contribution in [3.8, 4) is 11.4 Å². The van der Waals surface area contributed by atoms with E-state index in [4.69, 9.17) is 0 Å². The molecule has 138 valence electrons. The number of ketones is 1. The summed E-state index contributed by atoms with van der Waals surface area (Å²) in [6.45, 7) is 3.87. The van der Waals surface area contributed by atoms with Gasteiger partial charge in [-0.3, -0.25) is 9.36 Å². The van der Waals surface area contributed by atoms with Crippen molar-refractivity contribution in [1.82, 2.24) is 14.8 Å². The lowest BCUT2D eigenvalue weighted by molar-refractivity contribution is 0.0994. The molecule has 0 N–H and O–H groups in total. The second kappa shape index (κ2) is 7.27. The molecule has 3 aromatic rings. The Kier molecular flexibility index (Phi) is 4.83. The second-order valence-corrected chi connectivity index (χ2v) is 8.19. The maximum atomic E-state index is 14.3. The van der Waals surface area contributed by atoms with Crippen LogP contribution >= 0.6 is 11.8 Å². The van der Waals surface area contributed by atoms with E-state index in [1.807, 2.05) is 42.7 Å². The third kappa shape index (κ3) is 3.67. The molecule has 1 fully saturated rings. The molecule has 0 saturated heterocycles. The minimum absolute atomic E-state index is 0.0535. The van der Waals surface area contributed by atoms with Crippen molar-refractivity contribution < 1.29 is 9.18 Å². The molecule has 1 aliphatic rings. The molecule has 4 nitrogen and oxygen atoms in total. The van der Waals surface area contributed by atoms with Crippen molar-refractivity contribution in [2.75, 3.05) is 0 Å². The van der Waals surface area contributed by atoms with E-state index in [0.29, 0.717) is 22.1 Å². The molecular formula is C21H20FN3OS. The Labute approximate surface area is 161 Å². The molecule has 0 radical (unpaired) electrons. The molecule has 6 heteroatoms. The smallest absolute Gasteiger partial charge is 0.192 e. The lowest BCUT2D eigenvalue weighted by Gasteiger charge is -2.13. The number of aromatic nitrogens is 3. The Morgan fingerprint density at radius 3 is 2.52 bits per heavy atom. The molecule has 0 aliphatic heterocycles. The molecule has 4 rings (SSSR count). The molecule has 1 heterocycles. The first kappa shape index (κ1) is 17.9. The standard InChI is InChI=1S/C21H20FN3OS/c1-13-7-9-15(10-8-13)19(26)14(2)27-21-24-23-20(25(21)16-11-12-16)17-5-3-4-6-18(17)22/h3-10,14,16H,11-12H2,1-2H3/t14-/m0/s1. The van der Waals surface area contributed by atoms with Gasteiger partial charge in [-0.15, -0.1) is 10.2 Å². The van der Waals surface area contributed by atoms with Crippen molar-refractivity contribution in [3.05, 3.63) is 65.5 Å². The number of carbonyl (C=O) groups excluding carboxylic acids is 1. The average Bonchev–Trinajstić information content (AvgIpc) is 3.43. The summed E-state index contributed by atoms with van der Waals surface area (Å²) in [6.07, 6.45) is 2.04. The highest BCUT2D eigenvalue weighted by Crippen LogP contribution is 2.42. The van der Waals surface area contributed by atoms with E-state index in [1.165, 1.54) is 17.8 Å². The Morgan fingerprint density at radius 2 is 1.85 bits per heavy atom. The highest BCUT2D eigenvalue weighted by molar-refractivity contribution is 8.00. The molecule has 2 aromatic carbocycles. The van der Waals surface area contributed by atoms with Crippen LogP contribution in [0.25, 0.3) is 11.4 Å².